The molecule has 0 radical (unpaired) electrons. The number of benzene rings is 3. The molecule has 11 heteroatoms. The number of rotatable bonds is 13. The molecule has 1 fully saturated rings. The van der Waals surface area contributed by atoms with Gasteiger partial charge in [-0.25, -0.2) is 8.42 Å². The molecule has 1 N–H and O–H groups in total. The molecular weight excluding hydrogens is 582 g/mol. The standard InChI is InChI=1S/C33H41N3O7S/c1-24(33(38)34-26-13-7-5-8-14-26)35(22-25-12-11-15-27(20-25)41-2)32(37)23-36(44(39,40)29-16-9-6-10-17-29)30-21-28(42-3)18-19-31(30)43-4/h6,9-12,15-21,24,26H,5,7-8,13-14,22-23H2,1-4H3,(H,34,38). The van der Waals surface area contributed by atoms with E-state index in [1.165, 1.54) is 37.3 Å². The molecule has 0 aromatic heterocycles. The van der Waals surface area contributed by atoms with Crippen LogP contribution in [0.2, 0.25) is 0 Å². The summed E-state index contributed by atoms with van der Waals surface area (Å²) in [6, 6.07) is 19.0. The number of methoxy groups -OCH3 is 3. The summed E-state index contributed by atoms with van der Waals surface area (Å²) in [7, 11) is 0.180. The van der Waals surface area contributed by atoms with Gasteiger partial charge in [-0.2, -0.15) is 0 Å². The maximum atomic E-state index is 14.3. The van der Waals surface area contributed by atoms with E-state index in [-0.39, 0.29) is 34.8 Å². The van der Waals surface area contributed by atoms with Gasteiger partial charge in [0.1, 0.15) is 29.8 Å². The van der Waals surface area contributed by atoms with E-state index in [2.05, 4.69) is 5.32 Å². The van der Waals surface area contributed by atoms with E-state index < -0.39 is 28.5 Å². The molecule has 4 rings (SSSR count). The molecular formula is C33H41N3O7S. The molecule has 0 heterocycles. The van der Waals surface area contributed by atoms with Crippen LogP contribution in [0.5, 0.6) is 17.2 Å². The summed E-state index contributed by atoms with van der Waals surface area (Å²) in [5.74, 6) is 0.368. The van der Waals surface area contributed by atoms with Gasteiger partial charge in [0, 0.05) is 18.7 Å². The Morgan fingerprint density at radius 3 is 2.20 bits per heavy atom. The molecule has 44 heavy (non-hydrogen) atoms. The lowest BCUT2D eigenvalue weighted by molar-refractivity contribution is -0.139. The number of carbonyl (C=O) groups excluding carboxylic acids is 2. The fourth-order valence-electron chi connectivity index (χ4n) is 5.34. The zero-order valence-electron chi connectivity index (χ0n) is 25.7. The Morgan fingerprint density at radius 1 is 0.864 bits per heavy atom. The Hall–Kier alpha value is -4.25. The minimum atomic E-state index is -4.26. The van der Waals surface area contributed by atoms with Crippen LogP contribution in [-0.2, 0) is 26.2 Å². The number of nitrogens with zero attached hydrogens (tertiary/aromatic N) is 2. The number of ether oxygens (including phenoxy) is 3. The fraction of sp³-hybridized carbons (Fsp3) is 0.394. The first-order valence-electron chi connectivity index (χ1n) is 14.7. The highest BCUT2D eigenvalue weighted by atomic mass is 32.2. The van der Waals surface area contributed by atoms with Crippen LogP contribution >= 0.6 is 0 Å². The lowest BCUT2D eigenvalue weighted by Crippen LogP contribution is -2.53. The van der Waals surface area contributed by atoms with E-state index >= 15 is 0 Å². The van der Waals surface area contributed by atoms with Crippen molar-refractivity contribution in [3.63, 3.8) is 0 Å². The Bertz CT molecular complexity index is 1530. The minimum Gasteiger partial charge on any atom is -0.497 e. The molecule has 1 saturated carbocycles. The molecule has 1 aliphatic carbocycles. The molecule has 1 aliphatic rings. The maximum Gasteiger partial charge on any atom is 0.264 e. The SMILES string of the molecule is COc1cccc(CN(C(=O)CN(c2cc(OC)ccc2OC)S(=O)(=O)c2ccccc2)C(C)C(=O)NC2CCCCC2)c1. The number of anilines is 1. The van der Waals surface area contributed by atoms with Crippen LogP contribution < -0.4 is 23.8 Å². The average molecular weight is 624 g/mol. The van der Waals surface area contributed by atoms with Crippen molar-refractivity contribution in [3.05, 3.63) is 78.4 Å². The number of hydrogen-bond donors (Lipinski definition) is 1. The predicted molar refractivity (Wildman–Crippen MR) is 169 cm³/mol. The molecule has 0 bridgehead atoms. The number of amides is 2. The lowest BCUT2D eigenvalue weighted by atomic mass is 9.95. The molecule has 236 valence electrons. The minimum absolute atomic E-state index is 0.000101. The van der Waals surface area contributed by atoms with E-state index in [1.807, 2.05) is 6.07 Å². The van der Waals surface area contributed by atoms with Gasteiger partial charge in [0.15, 0.2) is 0 Å². The second-order valence-corrected chi connectivity index (χ2v) is 12.6. The van der Waals surface area contributed by atoms with E-state index in [4.69, 9.17) is 14.2 Å². The number of carbonyl (C=O) groups is 2. The van der Waals surface area contributed by atoms with Crippen LogP contribution in [0.3, 0.4) is 0 Å². The average Bonchev–Trinajstić information content (AvgIpc) is 3.06. The first-order valence-corrected chi connectivity index (χ1v) is 16.1. The van der Waals surface area contributed by atoms with Crippen molar-refractivity contribution in [2.75, 3.05) is 32.2 Å². The van der Waals surface area contributed by atoms with Crippen molar-refractivity contribution < 1.29 is 32.2 Å². The fourth-order valence-corrected chi connectivity index (χ4v) is 6.78. The van der Waals surface area contributed by atoms with Gasteiger partial charge in [-0.15, -0.1) is 0 Å². The zero-order valence-corrected chi connectivity index (χ0v) is 26.5. The third-order valence-electron chi connectivity index (χ3n) is 7.87. The van der Waals surface area contributed by atoms with E-state index in [9.17, 15) is 18.0 Å². The van der Waals surface area contributed by atoms with Gasteiger partial charge in [0.25, 0.3) is 10.0 Å². The summed E-state index contributed by atoms with van der Waals surface area (Å²) in [6.45, 7) is 1.13. The quantitative estimate of drug-likeness (QED) is 0.292. The summed E-state index contributed by atoms with van der Waals surface area (Å²) < 4.78 is 45.5. The first kappa shape index (κ1) is 32.7. The Balaban J connectivity index is 1.74. The molecule has 0 saturated heterocycles. The van der Waals surface area contributed by atoms with Crippen molar-refractivity contribution in [1.82, 2.24) is 10.2 Å². The monoisotopic (exact) mass is 623 g/mol. The van der Waals surface area contributed by atoms with Crippen LogP contribution in [0, 0.1) is 0 Å². The van der Waals surface area contributed by atoms with Crippen LogP contribution in [-0.4, -0.2) is 65.1 Å². The number of nitrogens with one attached hydrogen (secondary N) is 1. The van der Waals surface area contributed by atoms with Crippen molar-refractivity contribution in [2.45, 2.75) is 62.6 Å². The molecule has 3 aromatic rings. The normalized spacial score (nSPS) is 14.3. The lowest BCUT2D eigenvalue weighted by Gasteiger charge is -2.33. The smallest absolute Gasteiger partial charge is 0.264 e. The van der Waals surface area contributed by atoms with Crippen molar-refractivity contribution >= 4 is 27.5 Å². The molecule has 1 unspecified atom stereocenters. The van der Waals surface area contributed by atoms with Crippen LogP contribution in [0.1, 0.15) is 44.6 Å². The van der Waals surface area contributed by atoms with E-state index in [0.717, 1.165) is 42.0 Å². The largest absolute Gasteiger partial charge is 0.497 e. The van der Waals surface area contributed by atoms with Crippen molar-refractivity contribution in [3.8, 4) is 17.2 Å². The van der Waals surface area contributed by atoms with Gasteiger partial charge < -0.3 is 24.4 Å². The van der Waals surface area contributed by atoms with Gasteiger partial charge in [0.2, 0.25) is 11.8 Å². The molecule has 0 aliphatic heterocycles. The maximum absolute atomic E-state index is 14.3. The summed E-state index contributed by atoms with van der Waals surface area (Å²) in [4.78, 5) is 29.2. The van der Waals surface area contributed by atoms with Crippen LogP contribution in [0.25, 0.3) is 0 Å². The zero-order chi connectivity index (χ0) is 31.7. The molecule has 10 nitrogen and oxygen atoms in total. The second-order valence-electron chi connectivity index (χ2n) is 10.8. The summed E-state index contributed by atoms with van der Waals surface area (Å²) in [5.41, 5.74) is 0.858. The molecule has 3 aromatic carbocycles. The topological polar surface area (TPSA) is 114 Å². The highest BCUT2D eigenvalue weighted by Gasteiger charge is 2.34. The van der Waals surface area contributed by atoms with Crippen LogP contribution in [0.15, 0.2) is 77.7 Å². The van der Waals surface area contributed by atoms with Crippen molar-refractivity contribution in [1.29, 1.82) is 0 Å². The molecule has 2 amide bonds. The Labute approximate surface area is 260 Å². The van der Waals surface area contributed by atoms with Crippen molar-refractivity contribution in [2.24, 2.45) is 0 Å². The molecule has 1 atom stereocenters. The highest BCUT2D eigenvalue weighted by molar-refractivity contribution is 7.92. The van der Waals surface area contributed by atoms with Gasteiger partial charge in [-0.05, 0) is 61.7 Å². The highest BCUT2D eigenvalue weighted by Crippen LogP contribution is 2.36. The number of sulfonamides is 1. The molecule has 0 spiro atoms. The van der Waals surface area contributed by atoms with E-state index in [1.54, 1.807) is 62.6 Å². The Morgan fingerprint density at radius 2 is 1.55 bits per heavy atom. The van der Waals surface area contributed by atoms with Gasteiger partial charge in [0.05, 0.1) is 31.9 Å². The van der Waals surface area contributed by atoms with Crippen LogP contribution in [0.4, 0.5) is 5.69 Å². The summed E-state index contributed by atoms with van der Waals surface area (Å²) >= 11 is 0. The first-order chi connectivity index (χ1) is 21.2. The van der Waals surface area contributed by atoms with Gasteiger partial charge in [-0.3, -0.25) is 13.9 Å². The Kier molecular flexibility index (Phi) is 11.1. The third kappa shape index (κ3) is 7.82. The third-order valence-corrected chi connectivity index (χ3v) is 9.64. The van der Waals surface area contributed by atoms with Gasteiger partial charge in [-0.1, -0.05) is 49.6 Å². The second kappa shape index (κ2) is 15.0. The summed E-state index contributed by atoms with van der Waals surface area (Å²) in [6.07, 6.45) is 5.00. The number of hydrogen-bond acceptors (Lipinski definition) is 7. The predicted octanol–water partition coefficient (Wildman–Crippen LogP) is 4.77. The van der Waals surface area contributed by atoms with Gasteiger partial charge >= 0.3 is 0 Å². The summed E-state index contributed by atoms with van der Waals surface area (Å²) in [5, 5.41) is 3.11. The van der Waals surface area contributed by atoms with E-state index in [0.29, 0.717) is 11.5 Å².